The van der Waals surface area contributed by atoms with Gasteiger partial charge in [-0.05, 0) is 116 Å². The van der Waals surface area contributed by atoms with E-state index in [1.807, 2.05) is 89.4 Å². The molecule has 1 saturated heterocycles. The summed E-state index contributed by atoms with van der Waals surface area (Å²) in [5, 5.41) is 32.1. The Morgan fingerprint density at radius 1 is 0.953 bits per heavy atom. The number of carbonyl (C=O) groups is 2. The van der Waals surface area contributed by atoms with Gasteiger partial charge in [0.2, 0.25) is 5.91 Å². The van der Waals surface area contributed by atoms with Crippen molar-refractivity contribution in [3.63, 3.8) is 0 Å². The maximum absolute atomic E-state index is 15.5. The fraction of sp³-hybridized carbons (Fsp3) is 0.429. The van der Waals surface area contributed by atoms with E-state index in [0.29, 0.717) is 51.9 Å². The van der Waals surface area contributed by atoms with Gasteiger partial charge in [-0.2, -0.15) is 0 Å². The highest BCUT2D eigenvalue weighted by atomic mass is 79.9. The summed E-state index contributed by atoms with van der Waals surface area (Å²) in [6.45, 7) is 11.0. The minimum atomic E-state index is -2.38. The quantitative estimate of drug-likeness (QED) is 0.0633. The molecular weight excluding hydrogens is 893 g/mol. The number of amides is 2. The topological polar surface area (TPSA) is 152 Å². The van der Waals surface area contributed by atoms with E-state index in [1.54, 1.807) is 12.0 Å². The van der Waals surface area contributed by atoms with Gasteiger partial charge >= 0.3 is 0 Å². The van der Waals surface area contributed by atoms with Gasteiger partial charge in [-0.1, -0.05) is 70.6 Å². The lowest BCUT2D eigenvalue weighted by molar-refractivity contribution is -0.146. The highest BCUT2D eigenvalue weighted by Crippen LogP contribution is 2.60. The standard InChI is InChI=1S/C49H59BrN6O7Si/c1-6-62-39-16-20-43-34(27-39)28-42(51-23-7-8-25-57)47(59)56(43)37-12-9-33(10-13-37)30-55-44-19-11-35(50)29-41(44)49(48(55)60)32(2)46(64(4,5)40-17-14-38(61-3)15-18-40)45(63-49)21-24-54-31-36(22-26-58)52-53-54/h9-20,27,29,31-32,42,45-46,51,57-58H,6-8,21-26,28,30H2,1-5H3/t32-,42?,45+,46-,49+/m1/s1. The fourth-order valence-electron chi connectivity index (χ4n) is 10.3. The van der Waals surface area contributed by atoms with Crippen molar-refractivity contribution in [1.82, 2.24) is 20.3 Å². The number of halogens is 1. The predicted molar refractivity (Wildman–Crippen MR) is 253 cm³/mol. The van der Waals surface area contributed by atoms with E-state index < -0.39 is 19.7 Å². The number of aromatic nitrogens is 3. The van der Waals surface area contributed by atoms with Crippen molar-refractivity contribution in [1.29, 1.82) is 0 Å². The Bertz CT molecular complexity index is 2450. The van der Waals surface area contributed by atoms with Gasteiger partial charge in [0, 0.05) is 54.0 Å². The zero-order valence-corrected chi connectivity index (χ0v) is 39.9. The lowest BCUT2D eigenvalue weighted by Crippen LogP contribution is -2.51. The van der Waals surface area contributed by atoms with Crippen LogP contribution in [0.4, 0.5) is 17.1 Å². The molecule has 3 aliphatic heterocycles. The van der Waals surface area contributed by atoms with Gasteiger partial charge in [-0.3, -0.25) is 19.2 Å². The third-order valence-electron chi connectivity index (χ3n) is 13.5. The van der Waals surface area contributed by atoms with E-state index in [2.05, 4.69) is 69.8 Å². The molecule has 0 saturated carbocycles. The molecule has 3 aliphatic rings. The molecule has 0 bridgehead atoms. The Morgan fingerprint density at radius 2 is 1.70 bits per heavy atom. The third-order valence-corrected chi connectivity index (χ3v) is 18.3. The lowest BCUT2D eigenvalue weighted by atomic mass is 9.82. The predicted octanol–water partition coefficient (Wildman–Crippen LogP) is 6.79. The van der Waals surface area contributed by atoms with Crippen LogP contribution < -0.4 is 29.8 Å². The number of fused-ring (bicyclic) bond motifs is 3. The molecular formula is C49H59BrN6O7Si. The van der Waals surface area contributed by atoms with Crippen molar-refractivity contribution in [3.8, 4) is 11.5 Å². The van der Waals surface area contributed by atoms with E-state index in [1.165, 1.54) is 5.19 Å². The first-order chi connectivity index (χ1) is 30.9. The largest absolute Gasteiger partial charge is 0.497 e. The highest BCUT2D eigenvalue weighted by Gasteiger charge is 2.66. The van der Waals surface area contributed by atoms with Crippen LogP contribution in [0, 0.1) is 5.92 Å². The van der Waals surface area contributed by atoms with Crippen molar-refractivity contribution in [2.24, 2.45) is 5.92 Å². The van der Waals surface area contributed by atoms with Crippen molar-refractivity contribution in [2.45, 2.75) is 95.4 Å². The number of aliphatic hydroxyl groups is 2. The number of methoxy groups -OCH3 is 1. The number of carbonyl (C=O) groups excluding carboxylic acids is 2. The molecule has 1 unspecified atom stereocenters. The second-order valence-corrected chi connectivity index (χ2v) is 23.3. The van der Waals surface area contributed by atoms with Crippen LogP contribution in [0.15, 0.2) is 95.6 Å². The zero-order valence-electron chi connectivity index (χ0n) is 37.3. The van der Waals surface area contributed by atoms with E-state index in [9.17, 15) is 15.0 Å². The molecule has 15 heteroatoms. The molecule has 2 amide bonds. The number of ether oxygens (including phenoxy) is 3. The molecule has 1 fully saturated rings. The molecule has 13 nitrogen and oxygen atoms in total. The van der Waals surface area contributed by atoms with E-state index in [4.69, 9.17) is 14.2 Å². The molecule has 338 valence electrons. The van der Waals surface area contributed by atoms with Crippen molar-refractivity contribution < 1.29 is 34.0 Å². The van der Waals surface area contributed by atoms with Gasteiger partial charge in [0.15, 0.2) is 5.60 Å². The van der Waals surface area contributed by atoms with Crippen LogP contribution >= 0.6 is 15.9 Å². The third kappa shape index (κ3) is 8.65. The van der Waals surface area contributed by atoms with Gasteiger partial charge in [0.25, 0.3) is 5.91 Å². The van der Waals surface area contributed by atoms with E-state index >= 15 is 4.79 Å². The summed E-state index contributed by atoms with van der Waals surface area (Å²) in [6.07, 6.45) is 4.62. The van der Waals surface area contributed by atoms with E-state index in [0.717, 1.165) is 61.8 Å². The van der Waals surface area contributed by atoms with Gasteiger partial charge < -0.3 is 34.6 Å². The Labute approximate surface area is 384 Å². The molecule has 0 aliphatic carbocycles. The van der Waals surface area contributed by atoms with Gasteiger partial charge in [0.05, 0.1) is 57.5 Å². The molecule has 4 heterocycles. The average Bonchev–Trinajstić information content (AvgIpc) is 3.94. The van der Waals surface area contributed by atoms with E-state index in [-0.39, 0.29) is 42.6 Å². The maximum Gasteiger partial charge on any atom is 0.264 e. The van der Waals surface area contributed by atoms with Gasteiger partial charge in [-0.25, -0.2) is 0 Å². The van der Waals surface area contributed by atoms with Crippen molar-refractivity contribution >= 4 is 58.1 Å². The van der Waals surface area contributed by atoms with Gasteiger partial charge in [0.1, 0.15) is 11.5 Å². The molecule has 64 heavy (non-hydrogen) atoms. The zero-order chi connectivity index (χ0) is 45.2. The molecule has 1 aromatic heterocycles. The number of aryl methyl sites for hydroxylation is 1. The van der Waals surface area contributed by atoms with Crippen LogP contribution in [-0.2, 0) is 45.9 Å². The number of aliphatic hydroxyl groups excluding tert-OH is 2. The first-order valence-electron chi connectivity index (χ1n) is 22.4. The van der Waals surface area contributed by atoms with Crippen LogP contribution in [0.25, 0.3) is 0 Å². The second kappa shape index (κ2) is 19.3. The Balaban J connectivity index is 1.10. The van der Waals surface area contributed by atoms with Crippen LogP contribution in [-0.4, -0.2) is 90.7 Å². The normalized spacial score (nSPS) is 21.8. The summed E-state index contributed by atoms with van der Waals surface area (Å²) in [5.74, 6) is 1.24. The second-order valence-electron chi connectivity index (χ2n) is 17.6. The number of nitrogens with one attached hydrogen (secondary N) is 1. The van der Waals surface area contributed by atoms with Crippen LogP contribution in [0.2, 0.25) is 18.6 Å². The highest BCUT2D eigenvalue weighted by molar-refractivity contribution is 9.10. The molecule has 1 spiro atoms. The first-order valence-corrected chi connectivity index (χ1v) is 26.3. The van der Waals surface area contributed by atoms with Gasteiger partial charge in [-0.15, -0.1) is 5.10 Å². The molecule has 8 rings (SSSR count). The Hall–Kier alpha value is -4.90. The average molecular weight is 952 g/mol. The molecule has 5 aromatic rings. The SMILES string of the molecule is CCOc1ccc2c(c1)CC(NCCCCO)C(=O)N2c1ccc(CN2C(=O)[C@@]3(O[C@@H](CCn4cc(CCO)nn4)[C@H]([Si](C)(C)c4ccc(OC)cc4)[C@H]3C)c3cc(Br)ccc32)cc1. The summed E-state index contributed by atoms with van der Waals surface area (Å²) in [7, 11) is -0.708. The molecule has 5 atom stereocenters. The van der Waals surface area contributed by atoms with Crippen LogP contribution in [0.3, 0.4) is 0 Å². The van der Waals surface area contributed by atoms with Crippen LogP contribution in [0.5, 0.6) is 11.5 Å². The molecule has 4 aromatic carbocycles. The monoisotopic (exact) mass is 950 g/mol. The van der Waals surface area contributed by atoms with Crippen molar-refractivity contribution in [3.05, 3.63) is 118 Å². The number of hydrogen-bond donors (Lipinski definition) is 3. The number of nitrogens with zero attached hydrogens (tertiary/aromatic N) is 5. The lowest BCUT2D eigenvalue weighted by Gasteiger charge is -2.37. The minimum Gasteiger partial charge on any atom is -0.497 e. The number of hydrogen-bond acceptors (Lipinski definition) is 10. The number of anilines is 3. The first kappa shape index (κ1) is 45.7. The summed E-state index contributed by atoms with van der Waals surface area (Å²) in [4.78, 5) is 33.3. The summed E-state index contributed by atoms with van der Waals surface area (Å²) in [5.41, 5.74) is 4.68. The molecule has 3 N–H and O–H groups in total. The Kier molecular flexibility index (Phi) is 13.8. The number of rotatable bonds is 18. The summed E-state index contributed by atoms with van der Waals surface area (Å²) >= 11 is 3.74. The smallest absolute Gasteiger partial charge is 0.264 e. The number of benzene rings is 4. The molecule has 0 radical (unpaired) electrons. The minimum absolute atomic E-state index is 0.0000603. The Morgan fingerprint density at radius 3 is 2.42 bits per heavy atom. The number of unbranched alkanes of at least 4 members (excludes halogenated alkanes) is 1. The summed E-state index contributed by atoms with van der Waals surface area (Å²) < 4.78 is 21.4. The maximum atomic E-state index is 15.5. The van der Waals surface area contributed by atoms with Crippen molar-refractivity contribution in [2.75, 3.05) is 43.3 Å². The summed E-state index contributed by atoms with van der Waals surface area (Å²) in [6, 6.07) is 27.8. The van der Waals surface area contributed by atoms with Crippen LogP contribution in [0.1, 0.15) is 55.5 Å². The fourth-order valence-corrected chi connectivity index (χ4v) is 14.7.